The highest BCUT2D eigenvalue weighted by atomic mass is 32.1. The number of carboxylic acid groups (broad SMARTS) is 1. The van der Waals surface area contributed by atoms with Gasteiger partial charge < -0.3 is 5.11 Å². The maximum absolute atomic E-state index is 13.4. The van der Waals surface area contributed by atoms with Crippen LogP contribution in [0.4, 0.5) is 13.2 Å². The number of hydrogen-bond donors (Lipinski definition) is 1. The summed E-state index contributed by atoms with van der Waals surface area (Å²) in [6, 6.07) is 9.54. The molecule has 5 nitrogen and oxygen atoms in total. The molecule has 0 saturated carbocycles. The summed E-state index contributed by atoms with van der Waals surface area (Å²) in [5, 5.41) is 9.18. The van der Waals surface area contributed by atoms with Crippen molar-refractivity contribution < 1.29 is 27.9 Å². The maximum atomic E-state index is 13.4. The molecule has 0 spiro atoms. The predicted molar refractivity (Wildman–Crippen MR) is 93.6 cm³/mol. The molecule has 1 N–H and O–H groups in total. The molecule has 0 aliphatic heterocycles. The summed E-state index contributed by atoms with van der Waals surface area (Å²) in [4.78, 5) is 27.2. The van der Waals surface area contributed by atoms with Crippen LogP contribution in [0.5, 0.6) is 0 Å². The zero-order valence-electron chi connectivity index (χ0n) is 13.9. The Labute approximate surface area is 155 Å². The molecular formula is C18H13F3N2O3S. The summed E-state index contributed by atoms with van der Waals surface area (Å²) >= 11 is 0.824. The molecule has 0 aliphatic rings. The number of hydrogen-bond acceptors (Lipinski definition) is 3. The smallest absolute Gasteiger partial charge is 0.420 e. The van der Waals surface area contributed by atoms with E-state index in [0.717, 1.165) is 16.9 Å². The molecular weight excluding hydrogens is 381 g/mol. The monoisotopic (exact) mass is 394 g/mol. The van der Waals surface area contributed by atoms with Crippen molar-refractivity contribution in [3.63, 3.8) is 0 Å². The standard InChI is InChI=1S/C18H13F3N2O3S/c1-10-6-8-11(9-7-10)15(24)22-17-23(14(16(25)26)18(19,20)21)12-4-2-3-5-13(12)27-17/h2-9,14H,1H3,(H,25,26)/b22-17-. The molecule has 0 fully saturated rings. The number of carbonyl (C=O) groups excluding carboxylic acids is 1. The average molecular weight is 394 g/mol. The molecule has 9 heteroatoms. The Hall–Kier alpha value is -2.94. The highest BCUT2D eigenvalue weighted by molar-refractivity contribution is 7.16. The fraction of sp³-hybridized carbons (Fsp3) is 0.167. The van der Waals surface area contributed by atoms with Gasteiger partial charge in [-0.3, -0.25) is 9.36 Å². The first kappa shape index (κ1) is 18.8. The van der Waals surface area contributed by atoms with Crippen LogP contribution in [-0.2, 0) is 4.79 Å². The van der Waals surface area contributed by atoms with E-state index in [1.807, 2.05) is 6.92 Å². The van der Waals surface area contributed by atoms with Crippen molar-refractivity contribution in [3.8, 4) is 0 Å². The molecule has 1 heterocycles. The van der Waals surface area contributed by atoms with E-state index in [1.54, 1.807) is 24.3 Å². The third kappa shape index (κ3) is 3.77. The third-order valence-electron chi connectivity index (χ3n) is 3.83. The largest absolute Gasteiger partial charge is 0.479 e. The Morgan fingerprint density at radius 1 is 1.11 bits per heavy atom. The number of halogens is 3. The number of amides is 1. The van der Waals surface area contributed by atoms with Crippen molar-refractivity contribution in [2.24, 2.45) is 4.99 Å². The second kappa shape index (κ2) is 6.99. The average Bonchev–Trinajstić information content (AvgIpc) is 2.92. The molecule has 0 bridgehead atoms. The normalized spacial score (nSPS) is 13.7. The minimum Gasteiger partial charge on any atom is -0.479 e. The van der Waals surface area contributed by atoms with E-state index in [1.165, 1.54) is 24.3 Å². The first-order valence-electron chi connectivity index (χ1n) is 7.74. The number of benzene rings is 2. The van der Waals surface area contributed by atoms with Gasteiger partial charge in [0.15, 0.2) is 4.80 Å². The SMILES string of the molecule is Cc1ccc(C(=O)/N=c2\sc3ccccc3n2C(C(=O)O)C(F)(F)F)cc1. The topological polar surface area (TPSA) is 71.7 Å². The van der Waals surface area contributed by atoms with Crippen molar-refractivity contribution in [2.45, 2.75) is 19.1 Å². The molecule has 1 amide bonds. The van der Waals surface area contributed by atoms with Crippen molar-refractivity contribution in [2.75, 3.05) is 0 Å². The van der Waals surface area contributed by atoms with Crippen molar-refractivity contribution in [1.82, 2.24) is 4.57 Å². The van der Waals surface area contributed by atoms with Gasteiger partial charge in [0.1, 0.15) is 0 Å². The molecule has 1 aromatic heterocycles. The van der Waals surface area contributed by atoms with Crippen molar-refractivity contribution in [3.05, 3.63) is 64.5 Å². The molecule has 3 aromatic rings. The van der Waals surface area contributed by atoms with Crippen molar-refractivity contribution in [1.29, 1.82) is 0 Å². The molecule has 0 saturated heterocycles. The number of rotatable bonds is 3. The second-order valence-corrected chi connectivity index (χ2v) is 6.80. The Morgan fingerprint density at radius 3 is 2.33 bits per heavy atom. The quantitative estimate of drug-likeness (QED) is 0.731. The lowest BCUT2D eigenvalue weighted by Gasteiger charge is -2.18. The summed E-state index contributed by atoms with van der Waals surface area (Å²) < 4.78 is 41.2. The van der Waals surface area contributed by atoms with Gasteiger partial charge in [0.25, 0.3) is 5.91 Å². The van der Waals surface area contributed by atoms with Crippen LogP contribution in [0.25, 0.3) is 10.2 Å². The van der Waals surface area contributed by atoms with Gasteiger partial charge in [-0.15, -0.1) is 0 Å². The number of aromatic nitrogens is 1. The summed E-state index contributed by atoms with van der Waals surface area (Å²) in [5.41, 5.74) is 1.15. The van der Waals surface area contributed by atoms with Crippen LogP contribution in [0.3, 0.4) is 0 Å². The summed E-state index contributed by atoms with van der Waals surface area (Å²) in [5.74, 6) is -2.82. The van der Waals surface area contributed by atoms with Crippen molar-refractivity contribution >= 4 is 33.4 Å². The van der Waals surface area contributed by atoms with Crippen LogP contribution in [0.2, 0.25) is 0 Å². The van der Waals surface area contributed by atoms with Gasteiger partial charge in [-0.2, -0.15) is 18.2 Å². The number of nitrogens with zero attached hydrogens (tertiary/aromatic N) is 2. The molecule has 0 aliphatic carbocycles. The molecule has 3 rings (SSSR count). The fourth-order valence-corrected chi connectivity index (χ4v) is 3.61. The zero-order chi connectivity index (χ0) is 19.8. The Balaban J connectivity index is 2.25. The fourth-order valence-electron chi connectivity index (χ4n) is 2.56. The number of carbonyl (C=O) groups is 2. The number of para-hydroxylation sites is 1. The minimum atomic E-state index is -5.06. The number of aryl methyl sites for hydroxylation is 1. The predicted octanol–water partition coefficient (Wildman–Crippen LogP) is 3.94. The van der Waals surface area contributed by atoms with Gasteiger partial charge >= 0.3 is 12.1 Å². The lowest BCUT2D eigenvalue weighted by Crippen LogP contribution is -2.38. The highest BCUT2D eigenvalue weighted by Gasteiger charge is 2.47. The minimum absolute atomic E-state index is 0.0441. The number of alkyl halides is 3. The number of thiazole rings is 1. The summed E-state index contributed by atoms with van der Waals surface area (Å²) in [7, 11) is 0. The molecule has 2 aromatic carbocycles. The molecule has 1 atom stereocenters. The van der Waals surface area contributed by atoms with E-state index in [9.17, 15) is 27.9 Å². The van der Waals surface area contributed by atoms with Crippen LogP contribution in [-0.4, -0.2) is 27.7 Å². The lowest BCUT2D eigenvalue weighted by atomic mass is 10.1. The van der Waals surface area contributed by atoms with Crippen LogP contribution in [0, 0.1) is 6.92 Å². The zero-order valence-corrected chi connectivity index (χ0v) is 14.7. The molecule has 27 heavy (non-hydrogen) atoms. The van der Waals surface area contributed by atoms with Crippen LogP contribution < -0.4 is 4.80 Å². The highest BCUT2D eigenvalue weighted by Crippen LogP contribution is 2.33. The second-order valence-electron chi connectivity index (χ2n) is 5.79. The van der Waals surface area contributed by atoms with Crippen LogP contribution in [0.1, 0.15) is 22.0 Å². The molecule has 140 valence electrons. The van der Waals surface area contributed by atoms with Gasteiger partial charge in [0, 0.05) is 5.56 Å². The van der Waals surface area contributed by atoms with Gasteiger partial charge in [-0.1, -0.05) is 41.2 Å². The maximum Gasteiger partial charge on any atom is 0.420 e. The van der Waals surface area contributed by atoms with Gasteiger partial charge in [0.2, 0.25) is 6.04 Å². The van der Waals surface area contributed by atoms with Crippen LogP contribution in [0.15, 0.2) is 53.5 Å². The van der Waals surface area contributed by atoms with Gasteiger partial charge in [-0.05, 0) is 31.2 Å². The van der Waals surface area contributed by atoms with E-state index >= 15 is 0 Å². The lowest BCUT2D eigenvalue weighted by molar-refractivity contribution is -0.188. The number of aliphatic carboxylic acids is 1. The first-order valence-corrected chi connectivity index (χ1v) is 8.55. The van der Waals surface area contributed by atoms with E-state index in [4.69, 9.17) is 0 Å². The van der Waals surface area contributed by atoms with E-state index in [0.29, 0.717) is 9.27 Å². The Morgan fingerprint density at radius 2 is 1.74 bits per heavy atom. The Kier molecular flexibility index (Phi) is 4.88. The van der Waals surface area contributed by atoms with Gasteiger partial charge in [-0.25, -0.2) is 4.79 Å². The first-order chi connectivity index (χ1) is 12.7. The third-order valence-corrected chi connectivity index (χ3v) is 4.87. The van der Waals surface area contributed by atoms with Gasteiger partial charge in [0.05, 0.1) is 10.2 Å². The molecule has 0 radical (unpaired) electrons. The summed E-state index contributed by atoms with van der Waals surface area (Å²) in [6.45, 7) is 1.83. The number of fused-ring (bicyclic) bond motifs is 1. The van der Waals surface area contributed by atoms with E-state index < -0.39 is 24.1 Å². The summed E-state index contributed by atoms with van der Waals surface area (Å²) in [6.07, 6.45) is -5.06. The van der Waals surface area contributed by atoms with E-state index in [2.05, 4.69) is 4.99 Å². The number of carboxylic acids is 1. The van der Waals surface area contributed by atoms with E-state index in [-0.39, 0.29) is 15.9 Å². The van der Waals surface area contributed by atoms with Crippen LogP contribution >= 0.6 is 11.3 Å². The molecule has 1 unspecified atom stereocenters. The Bertz CT molecular complexity index is 1080.